The van der Waals surface area contributed by atoms with E-state index in [2.05, 4.69) is 20.1 Å². The number of carbonyl (C=O) groups excluding carboxylic acids is 3. The van der Waals surface area contributed by atoms with Crippen LogP contribution in [-0.2, 0) is 14.3 Å². The number of amides is 2. The molecule has 0 atom stereocenters. The first-order valence-corrected chi connectivity index (χ1v) is 13.7. The minimum Gasteiger partial charge on any atom is -0.506 e. The van der Waals surface area contributed by atoms with Crippen LogP contribution in [0.5, 0.6) is 0 Å². The Morgan fingerprint density at radius 2 is 1.55 bits per heavy atom. The van der Waals surface area contributed by atoms with Gasteiger partial charge in [0, 0.05) is 48.7 Å². The van der Waals surface area contributed by atoms with Gasteiger partial charge in [0.25, 0.3) is 0 Å². The number of ether oxygens (including phenoxy) is 2. The smallest absolute Gasteiger partial charge is 0.434 e. The molecule has 2 amide bonds. The van der Waals surface area contributed by atoms with Crippen molar-refractivity contribution in [1.29, 1.82) is 0 Å². The zero-order valence-electron chi connectivity index (χ0n) is 24.0. The van der Waals surface area contributed by atoms with E-state index in [0.717, 1.165) is 37.6 Å². The highest BCUT2D eigenvalue weighted by Gasteiger charge is 2.39. The van der Waals surface area contributed by atoms with Gasteiger partial charge in [0.1, 0.15) is 5.76 Å². The number of likely N-dealkylation sites (N-methyl/N-ethyl adjacent to an activating group) is 1. The standard InChI is InChI=1S/C30H38N4O6/c1-7-33(8-2)19-13-15-21(23(17-19)31-29(37)39-11-5)25-27(35)26(28(25)36)22-16-14-20(34(9-3)10-4)18-24(22)32-30(38)40-12-6/h13-18,35H,7-12H2,1-6H3,(H,31,37). The van der Waals surface area contributed by atoms with Gasteiger partial charge in [0.2, 0.25) is 5.78 Å². The molecule has 0 aliphatic heterocycles. The zero-order valence-corrected chi connectivity index (χ0v) is 24.0. The van der Waals surface area contributed by atoms with Crippen molar-refractivity contribution in [2.45, 2.75) is 41.5 Å². The fourth-order valence-electron chi connectivity index (χ4n) is 4.68. The molecule has 0 spiro atoms. The van der Waals surface area contributed by atoms with Crippen molar-refractivity contribution in [2.24, 2.45) is 4.99 Å². The Morgan fingerprint density at radius 3 is 2.12 bits per heavy atom. The number of allylic oxidation sites excluding steroid dienone is 6. The van der Waals surface area contributed by atoms with Crippen molar-refractivity contribution in [3.63, 3.8) is 0 Å². The molecule has 2 N–H and O–H groups in total. The monoisotopic (exact) mass is 550 g/mol. The lowest BCUT2D eigenvalue weighted by Crippen LogP contribution is -2.28. The number of benzene rings is 1. The fraction of sp³-hybridized carbons (Fsp3) is 0.400. The molecular formula is C30H38N4O6. The summed E-state index contributed by atoms with van der Waals surface area (Å²) in [6.07, 6.45) is 3.75. The molecule has 40 heavy (non-hydrogen) atoms. The number of rotatable bonds is 10. The van der Waals surface area contributed by atoms with Gasteiger partial charge in [-0.25, -0.2) is 9.59 Å². The second-order valence-electron chi connectivity index (χ2n) is 8.86. The van der Waals surface area contributed by atoms with E-state index in [4.69, 9.17) is 9.47 Å². The predicted octanol–water partition coefficient (Wildman–Crippen LogP) is 5.64. The van der Waals surface area contributed by atoms with Crippen molar-refractivity contribution < 1.29 is 29.0 Å². The lowest BCUT2D eigenvalue weighted by Gasteiger charge is -2.29. The van der Waals surface area contributed by atoms with E-state index in [1.807, 2.05) is 39.8 Å². The number of ketones is 1. The summed E-state index contributed by atoms with van der Waals surface area (Å²) in [5, 5.41) is 13.9. The number of carbonyl (C=O) groups is 3. The van der Waals surface area contributed by atoms with Gasteiger partial charge in [-0.1, -0.05) is 0 Å². The molecule has 0 radical (unpaired) electrons. The normalized spacial score (nSPS) is 17.4. The maximum atomic E-state index is 13.6. The number of aliphatic hydroxyl groups excluding tert-OH is 1. The number of nitrogens with zero attached hydrogens (tertiary/aromatic N) is 3. The van der Waals surface area contributed by atoms with Crippen LogP contribution < -0.4 is 10.2 Å². The van der Waals surface area contributed by atoms with Crippen molar-refractivity contribution in [1.82, 2.24) is 4.90 Å². The van der Waals surface area contributed by atoms with Gasteiger partial charge in [-0.15, -0.1) is 0 Å². The van der Waals surface area contributed by atoms with Crippen LogP contribution in [0.1, 0.15) is 47.1 Å². The molecule has 1 aromatic rings. The van der Waals surface area contributed by atoms with Crippen molar-refractivity contribution in [3.05, 3.63) is 64.6 Å². The van der Waals surface area contributed by atoms with Crippen LogP contribution in [0.3, 0.4) is 0 Å². The molecule has 0 heterocycles. The molecule has 0 bridgehead atoms. The molecule has 214 valence electrons. The van der Waals surface area contributed by atoms with Gasteiger partial charge in [-0.2, -0.15) is 4.99 Å². The number of nitrogens with one attached hydrogen (secondary N) is 1. The molecule has 0 aromatic heterocycles. The molecule has 0 saturated heterocycles. The van der Waals surface area contributed by atoms with Crippen LogP contribution in [0.2, 0.25) is 0 Å². The summed E-state index contributed by atoms with van der Waals surface area (Å²) in [6, 6.07) is 5.29. The average molecular weight is 551 g/mol. The van der Waals surface area contributed by atoms with E-state index in [9.17, 15) is 19.5 Å². The van der Waals surface area contributed by atoms with Crippen LogP contribution >= 0.6 is 0 Å². The molecule has 2 aliphatic carbocycles. The van der Waals surface area contributed by atoms with E-state index in [-0.39, 0.29) is 35.8 Å². The third kappa shape index (κ3) is 6.27. The summed E-state index contributed by atoms with van der Waals surface area (Å²) in [7, 11) is 0. The number of hydrogen-bond acceptors (Lipinski definition) is 8. The van der Waals surface area contributed by atoms with Gasteiger partial charge in [0.05, 0.1) is 35.8 Å². The Balaban J connectivity index is 2.14. The first-order valence-electron chi connectivity index (χ1n) is 13.7. The van der Waals surface area contributed by atoms with Crippen LogP contribution in [0, 0.1) is 0 Å². The lowest BCUT2D eigenvalue weighted by atomic mass is 9.78. The Kier molecular flexibility index (Phi) is 10.3. The van der Waals surface area contributed by atoms with Gasteiger partial charge in [-0.05, 0) is 78.0 Å². The average Bonchev–Trinajstić information content (AvgIpc) is 2.93. The van der Waals surface area contributed by atoms with E-state index in [1.54, 1.807) is 38.1 Å². The first kappa shape index (κ1) is 30.2. The largest absolute Gasteiger partial charge is 0.506 e. The second kappa shape index (κ2) is 13.6. The zero-order chi connectivity index (χ0) is 29.4. The van der Waals surface area contributed by atoms with Crippen molar-refractivity contribution >= 4 is 40.6 Å². The maximum Gasteiger partial charge on any atom is 0.434 e. The lowest BCUT2D eigenvalue weighted by molar-refractivity contribution is -0.111. The first-order chi connectivity index (χ1) is 19.2. The summed E-state index contributed by atoms with van der Waals surface area (Å²) in [6.45, 7) is 14.7. The van der Waals surface area contributed by atoms with E-state index in [0.29, 0.717) is 16.8 Å². The number of Topliss-reactive ketones (excluding diaryl/α,β-unsaturated/α-hetero) is 1. The minimum absolute atomic E-state index is 0.0408. The summed E-state index contributed by atoms with van der Waals surface area (Å²) in [5.41, 5.74) is 3.00. The molecule has 10 nitrogen and oxygen atoms in total. The maximum absolute atomic E-state index is 13.6. The Bertz CT molecular complexity index is 1310. The van der Waals surface area contributed by atoms with Crippen LogP contribution in [-0.4, -0.2) is 73.1 Å². The predicted molar refractivity (Wildman–Crippen MR) is 157 cm³/mol. The Labute approximate surface area is 235 Å². The molecular weight excluding hydrogens is 512 g/mol. The van der Waals surface area contributed by atoms with Crippen molar-refractivity contribution in [3.8, 4) is 0 Å². The second-order valence-corrected chi connectivity index (χ2v) is 8.86. The molecule has 0 fully saturated rings. The Hall–Kier alpha value is -4.34. The van der Waals surface area contributed by atoms with E-state index >= 15 is 0 Å². The third-order valence-electron chi connectivity index (χ3n) is 6.70. The summed E-state index contributed by atoms with van der Waals surface area (Å²) in [4.78, 5) is 46.4. The van der Waals surface area contributed by atoms with E-state index in [1.165, 1.54) is 0 Å². The SMILES string of the molecule is CCOC(=O)N=C1C=C(N(CC)CC)C=CC1=C1C(=O)C(c2ccc(N(CC)CC)cc2NC(=O)OCC)=C1O. The number of hydrogen-bond donors (Lipinski definition) is 2. The Morgan fingerprint density at radius 1 is 0.900 bits per heavy atom. The molecule has 2 aliphatic rings. The molecule has 10 heteroatoms. The molecule has 1 aromatic carbocycles. The molecule has 3 rings (SSSR count). The van der Waals surface area contributed by atoms with Gasteiger partial charge < -0.3 is 24.4 Å². The number of anilines is 2. The highest BCUT2D eigenvalue weighted by molar-refractivity contribution is 6.42. The summed E-state index contributed by atoms with van der Waals surface area (Å²) < 4.78 is 10.1. The number of aliphatic hydroxyl groups is 1. The highest BCUT2D eigenvalue weighted by Crippen LogP contribution is 2.42. The minimum atomic E-state index is -0.788. The van der Waals surface area contributed by atoms with Crippen LogP contribution in [0.15, 0.2) is 64.0 Å². The molecule has 0 saturated carbocycles. The van der Waals surface area contributed by atoms with Gasteiger partial charge >= 0.3 is 12.2 Å². The topological polar surface area (TPSA) is 121 Å². The highest BCUT2D eigenvalue weighted by atomic mass is 16.5. The van der Waals surface area contributed by atoms with Crippen LogP contribution in [0.4, 0.5) is 21.0 Å². The van der Waals surface area contributed by atoms with Crippen molar-refractivity contribution in [2.75, 3.05) is 49.6 Å². The fourth-order valence-corrected chi connectivity index (χ4v) is 4.68. The van der Waals surface area contributed by atoms with Gasteiger partial charge in [-0.3, -0.25) is 10.1 Å². The van der Waals surface area contributed by atoms with Crippen LogP contribution in [0.25, 0.3) is 5.57 Å². The van der Waals surface area contributed by atoms with E-state index < -0.39 is 18.0 Å². The third-order valence-corrected chi connectivity index (χ3v) is 6.70. The number of aliphatic imine (C=N–C) groups is 1. The van der Waals surface area contributed by atoms with Gasteiger partial charge in [0.15, 0.2) is 0 Å². The quantitative estimate of drug-likeness (QED) is 0.359. The molecule has 0 unspecified atom stereocenters. The summed E-state index contributed by atoms with van der Waals surface area (Å²) >= 11 is 0. The summed E-state index contributed by atoms with van der Waals surface area (Å²) in [5.74, 6) is -0.681.